The van der Waals surface area contributed by atoms with Gasteiger partial charge in [-0.2, -0.15) is 0 Å². The lowest BCUT2D eigenvalue weighted by molar-refractivity contribution is 0.0696. The van der Waals surface area contributed by atoms with Gasteiger partial charge in [0.2, 0.25) is 0 Å². The largest absolute Gasteiger partial charge is 0.478 e. The predicted molar refractivity (Wildman–Crippen MR) is 50.3 cm³/mol. The SMILES string of the molecule is O=C(O)c1ccnc(Cn2cnnc2)c1. The van der Waals surface area contributed by atoms with Crippen LogP contribution < -0.4 is 0 Å². The molecule has 0 fully saturated rings. The number of aromatic carboxylic acids is 1. The van der Waals surface area contributed by atoms with Crippen LogP contribution in [0, 0.1) is 0 Å². The standard InChI is InChI=1S/C9H8N4O2/c14-9(15)7-1-2-10-8(3-7)4-13-5-11-12-6-13/h1-3,5-6H,4H2,(H,14,15). The number of nitrogens with zero attached hydrogens (tertiary/aromatic N) is 4. The predicted octanol–water partition coefficient (Wildman–Crippen LogP) is 0.420. The Bertz CT molecular complexity index is 467. The molecular formula is C9H8N4O2. The lowest BCUT2D eigenvalue weighted by Gasteiger charge is -2.01. The maximum absolute atomic E-state index is 10.7. The molecule has 0 atom stereocenters. The third-order valence-electron chi connectivity index (χ3n) is 1.87. The molecule has 0 aliphatic carbocycles. The van der Waals surface area contributed by atoms with Gasteiger partial charge in [-0.15, -0.1) is 10.2 Å². The van der Waals surface area contributed by atoms with Gasteiger partial charge in [0.25, 0.3) is 0 Å². The molecule has 2 rings (SSSR count). The minimum Gasteiger partial charge on any atom is -0.478 e. The highest BCUT2D eigenvalue weighted by atomic mass is 16.4. The summed E-state index contributed by atoms with van der Waals surface area (Å²) in [4.78, 5) is 14.8. The molecule has 15 heavy (non-hydrogen) atoms. The Morgan fingerprint density at radius 1 is 1.40 bits per heavy atom. The van der Waals surface area contributed by atoms with Gasteiger partial charge >= 0.3 is 5.97 Å². The third kappa shape index (κ3) is 2.16. The minimum atomic E-state index is -0.956. The van der Waals surface area contributed by atoms with Crippen LogP contribution in [0.3, 0.4) is 0 Å². The van der Waals surface area contributed by atoms with Gasteiger partial charge in [-0.1, -0.05) is 0 Å². The maximum Gasteiger partial charge on any atom is 0.335 e. The number of hydrogen-bond acceptors (Lipinski definition) is 4. The van der Waals surface area contributed by atoms with Crippen LogP contribution in [-0.4, -0.2) is 30.8 Å². The summed E-state index contributed by atoms with van der Waals surface area (Å²) in [7, 11) is 0. The third-order valence-corrected chi connectivity index (χ3v) is 1.87. The molecule has 0 saturated carbocycles. The van der Waals surface area contributed by atoms with Crippen molar-refractivity contribution >= 4 is 5.97 Å². The van der Waals surface area contributed by atoms with Gasteiger partial charge in [0, 0.05) is 6.20 Å². The number of pyridine rings is 1. The molecular weight excluding hydrogens is 196 g/mol. The Balaban J connectivity index is 2.22. The number of carbonyl (C=O) groups is 1. The second-order valence-electron chi connectivity index (χ2n) is 2.98. The van der Waals surface area contributed by atoms with E-state index in [2.05, 4.69) is 15.2 Å². The summed E-state index contributed by atoms with van der Waals surface area (Å²) in [6.45, 7) is 0.466. The second-order valence-corrected chi connectivity index (χ2v) is 2.98. The monoisotopic (exact) mass is 204 g/mol. The van der Waals surface area contributed by atoms with E-state index in [0.29, 0.717) is 12.2 Å². The molecule has 0 spiro atoms. The van der Waals surface area contributed by atoms with Gasteiger partial charge in [-0.3, -0.25) is 4.98 Å². The molecule has 0 unspecified atom stereocenters. The average molecular weight is 204 g/mol. The summed E-state index contributed by atoms with van der Waals surface area (Å²) in [6.07, 6.45) is 4.58. The molecule has 0 amide bonds. The summed E-state index contributed by atoms with van der Waals surface area (Å²) in [6, 6.07) is 2.99. The molecule has 6 nitrogen and oxygen atoms in total. The molecule has 0 aromatic carbocycles. The van der Waals surface area contributed by atoms with Crippen molar-refractivity contribution < 1.29 is 9.90 Å². The molecule has 76 valence electrons. The van der Waals surface area contributed by atoms with Crippen LogP contribution in [-0.2, 0) is 6.54 Å². The zero-order valence-corrected chi connectivity index (χ0v) is 7.74. The van der Waals surface area contributed by atoms with Crippen LogP contribution in [0.5, 0.6) is 0 Å². The number of carboxylic acids is 1. The highest BCUT2D eigenvalue weighted by Gasteiger charge is 2.04. The molecule has 0 radical (unpaired) electrons. The average Bonchev–Trinajstić information content (AvgIpc) is 2.71. The Kier molecular flexibility index (Phi) is 2.40. The lowest BCUT2D eigenvalue weighted by atomic mass is 10.2. The van der Waals surface area contributed by atoms with Crippen molar-refractivity contribution in [2.45, 2.75) is 6.54 Å². The van der Waals surface area contributed by atoms with Crippen molar-refractivity contribution in [3.63, 3.8) is 0 Å². The maximum atomic E-state index is 10.7. The van der Waals surface area contributed by atoms with Crippen LogP contribution in [0.25, 0.3) is 0 Å². The fourth-order valence-corrected chi connectivity index (χ4v) is 1.19. The van der Waals surface area contributed by atoms with Crippen molar-refractivity contribution in [1.29, 1.82) is 0 Å². The number of aromatic nitrogens is 4. The first kappa shape index (κ1) is 9.32. The molecule has 0 aliphatic rings. The molecule has 1 N–H and O–H groups in total. The highest BCUT2D eigenvalue weighted by Crippen LogP contribution is 2.03. The molecule has 0 saturated heterocycles. The number of carboxylic acid groups (broad SMARTS) is 1. The Hall–Kier alpha value is -2.24. The van der Waals surface area contributed by atoms with Gasteiger partial charge in [0.05, 0.1) is 17.8 Å². The van der Waals surface area contributed by atoms with E-state index in [1.807, 2.05) is 0 Å². The summed E-state index contributed by atoms with van der Waals surface area (Å²) in [5.74, 6) is -0.956. The minimum absolute atomic E-state index is 0.230. The molecule has 2 aromatic rings. The molecule has 2 aromatic heterocycles. The van der Waals surface area contributed by atoms with Crippen molar-refractivity contribution in [2.24, 2.45) is 0 Å². The second kappa shape index (κ2) is 3.87. The normalized spacial score (nSPS) is 10.1. The van der Waals surface area contributed by atoms with Crippen molar-refractivity contribution in [2.75, 3.05) is 0 Å². The molecule has 6 heteroatoms. The summed E-state index contributed by atoms with van der Waals surface area (Å²) in [5, 5.41) is 16.1. The van der Waals surface area contributed by atoms with E-state index >= 15 is 0 Å². The van der Waals surface area contributed by atoms with Gasteiger partial charge in [0.15, 0.2) is 0 Å². The van der Waals surface area contributed by atoms with E-state index < -0.39 is 5.97 Å². The van der Waals surface area contributed by atoms with Gasteiger partial charge < -0.3 is 9.67 Å². The molecule has 0 aliphatic heterocycles. The molecule has 2 heterocycles. The topological polar surface area (TPSA) is 80.9 Å². The quantitative estimate of drug-likeness (QED) is 0.783. The fraction of sp³-hybridized carbons (Fsp3) is 0.111. The van der Waals surface area contributed by atoms with Gasteiger partial charge in [0.1, 0.15) is 12.7 Å². The summed E-state index contributed by atoms with van der Waals surface area (Å²) < 4.78 is 1.72. The van der Waals surface area contributed by atoms with E-state index in [1.165, 1.54) is 18.3 Å². The van der Waals surface area contributed by atoms with Crippen LogP contribution in [0.2, 0.25) is 0 Å². The van der Waals surface area contributed by atoms with Crippen LogP contribution in [0.1, 0.15) is 16.1 Å². The fourth-order valence-electron chi connectivity index (χ4n) is 1.19. The van der Waals surface area contributed by atoms with E-state index in [4.69, 9.17) is 5.11 Å². The van der Waals surface area contributed by atoms with Gasteiger partial charge in [-0.05, 0) is 12.1 Å². The van der Waals surface area contributed by atoms with Crippen LogP contribution >= 0.6 is 0 Å². The van der Waals surface area contributed by atoms with Gasteiger partial charge in [-0.25, -0.2) is 4.79 Å². The zero-order chi connectivity index (χ0) is 10.7. The van der Waals surface area contributed by atoms with Crippen molar-refractivity contribution in [1.82, 2.24) is 19.7 Å². The van der Waals surface area contributed by atoms with E-state index in [9.17, 15) is 4.79 Å². The van der Waals surface area contributed by atoms with Crippen molar-refractivity contribution in [3.05, 3.63) is 42.2 Å². The Morgan fingerprint density at radius 2 is 2.13 bits per heavy atom. The van der Waals surface area contributed by atoms with Crippen LogP contribution in [0.4, 0.5) is 0 Å². The van der Waals surface area contributed by atoms with Crippen molar-refractivity contribution in [3.8, 4) is 0 Å². The lowest BCUT2D eigenvalue weighted by Crippen LogP contribution is -2.03. The van der Waals surface area contributed by atoms with E-state index in [0.717, 1.165) is 0 Å². The molecule has 0 bridgehead atoms. The first-order chi connectivity index (χ1) is 7.25. The Labute approximate surface area is 85.2 Å². The first-order valence-corrected chi connectivity index (χ1v) is 4.26. The number of hydrogen-bond donors (Lipinski definition) is 1. The smallest absolute Gasteiger partial charge is 0.335 e. The summed E-state index contributed by atoms with van der Waals surface area (Å²) >= 11 is 0. The summed E-state index contributed by atoms with van der Waals surface area (Å²) in [5.41, 5.74) is 0.891. The van der Waals surface area contributed by atoms with Crippen LogP contribution in [0.15, 0.2) is 31.0 Å². The zero-order valence-electron chi connectivity index (χ0n) is 7.74. The van der Waals surface area contributed by atoms with E-state index in [-0.39, 0.29) is 5.56 Å². The number of rotatable bonds is 3. The first-order valence-electron chi connectivity index (χ1n) is 4.26. The highest BCUT2D eigenvalue weighted by molar-refractivity contribution is 5.87. The Morgan fingerprint density at radius 3 is 2.80 bits per heavy atom. The van der Waals surface area contributed by atoms with E-state index in [1.54, 1.807) is 17.2 Å².